The van der Waals surface area contributed by atoms with Gasteiger partial charge in [0, 0.05) is 23.5 Å². The zero-order valence-corrected chi connectivity index (χ0v) is 15.3. The molecule has 0 aliphatic carbocycles. The Morgan fingerprint density at radius 1 is 1.24 bits per heavy atom. The molecular formula is C17H17Cl2N5O. The number of nitrogens with zero attached hydrogens (tertiary/aromatic N) is 4. The highest BCUT2D eigenvalue weighted by Gasteiger charge is 2.17. The Morgan fingerprint density at radius 3 is 2.60 bits per heavy atom. The minimum atomic E-state index is -0.282. The topological polar surface area (TPSA) is 64.7 Å². The molecule has 0 fully saturated rings. The number of rotatable bonds is 5. The average Bonchev–Trinajstić information content (AvgIpc) is 3.12. The number of amides is 1. The summed E-state index contributed by atoms with van der Waals surface area (Å²) >= 11 is 12.1. The van der Waals surface area contributed by atoms with E-state index in [0.29, 0.717) is 34.5 Å². The number of anilines is 1. The van der Waals surface area contributed by atoms with E-state index in [1.165, 1.54) is 0 Å². The van der Waals surface area contributed by atoms with E-state index in [0.717, 1.165) is 11.3 Å². The minimum absolute atomic E-state index is 0.282. The summed E-state index contributed by atoms with van der Waals surface area (Å²) in [5.41, 5.74) is 2.34. The zero-order chi connectivity index (χ0) is 18.0. The second-order valence-corrected chi connectivity index (χ2v) is 6.41. The van der Waals surface area contributed by atoms with Crippen LogP contribution in [-0.2, 0) is 13.1 Å². The van der Waals surface area contributed by atoms with Gasteiger partial charge >= 0.3 is 0 Å². The van der Waals surface area contributed by atoms with E-state index in [9.17, 15) is 4.79 Å². The Hall–Kier alpha value is -2.31. The van der Waals surface area contributed by atoms with Gasteiger partial charge in [-0.05, 0) is 31.5 Å². The first-order chi connectivity index (χ1) is 12.0. The Morgan fingerprint density at radius 2 is 1.96 bits per heavy atom. The number of carbonyl (C=O) groups is 1. The molecule has 0 bridgehead atoms. The Bertz CT molecular complexity index is 898. The van der Waals surface area contributed by atoms with Crippen molar-refractivity contribution in [3.05, 3.63) is 63.5 Å². The maximum absolute atomic E-state index is 12.4. The second-order valence-electron chi connectivity index (χ2n) is 5.56. The fourth-order valence-electron chi connectivity index (χ4n) is 2.50. The van der Waals surface area contributed by atoms with Crippen LogP contribution in [0.3, 0.4) is 0 Å². The van der Waals surface area contributed by atoms with Crippen LogP contribution in [0.4, 0.5) is 5.82 Å². The van der Waals surface area contributed by atoms with Crippen LogP contribution in [0.15, 0.2) is 36.7 Å². The third kappa shape index (κ3) is 3.86. The first-order valence-corrected chi connectivity index (χ1v) is 8.54. The van der Waals surface area contributed by atoms with Gasteiger partial charge in [-0.15, -0.1) is 0 Å². The smallest absolute Gasteiger partial charge is 0.260 e. The number of halogens is 2. The molecule has 0 aliphatic heterocycles. The lowest BCUT2D eigenvalue weighted by molar-refractivity contribution is 0.102. The van der Waals surface area contributed by atoms with E-state index in [1.54, 1.807) is 21.8 Å². The second kappa shape index (κ2) is 7.29. The highest BCUT2D eigenvalue weighted by Crippen LogP contribution is 2.21. The molecule has 0 saturated carbocycles. The molecule has 25 heavy (non-hydrogen) atoms. The van der Waals surface area contributed by atoms with Gasteiger partial charge in [-0.25, -0.2) is 0 Å². The van der Waals surface area contributed by atoms with E-state index in [1.807, 2.05) is 38.1 Å². The predicted molar refractivity (Wildman–Crippen MR) is 98.4 cm³/mol. The van der Waals surface area contributed by atoms with Crippen molar-refractivity contribution >= 4 is 34.9 Å². The third-order valence-corrected chi connectivity index (χ3v) is 4.38. The van der Waals surface area contributed by atoms with Crippen LogP contribution >= 0.6 is 23.2 Å². The number of carbonyl (C=O) groups excluding carboxylic acids is 1. The zero-order valence-electron chi connectivity index (χ0n) is 13.8. The Labute approximate surface area is 155 Å². The van der Waals surface area contributed by atoms with E-state index >= 15 is 0 Å². The van der Waals surface area contributed by atoms with Crippen LogP contribution < -0.4 is 5.32 Å². The van der Waals surface area contributed by atoms with Gasteiger partial charge in [-0.2, -0.15) is 10.2 Å². The first-order valence-electron chi connectivity index (χ1n) is 7.79. The van der Waals surface area contributed by atoms with Gasteiger partial charge in [0.1, 0.15) is 5.02 Å². The highest BCUT2D eigenvalue weighted by atomic mass is 35.5. The number of nitrogens with one attached hydrogen (secondary N) is 1. The van der Waals surface area contributed by atoms with Crippen LogP contribution in [0.2, 0.25) is 10.0 Å². The van der Waals surface area contributed by atoms with Gasteiger partial charge < -0.3 is 5.32 Å². The molecule has 0 atom stereocenters. The normalized spacial score (nSPS) is 10.9. The highest BCUT2D eigenvalue weighted by molar-refractivity contribution is 6.33. The monoisotopic (exact) mass is 377 g/mol. The molecule has 0 unspecified atom stereocenters. The molecule has 0 spiro atoms. The number of hydrogen-bond acceptors (Lipinski definition) is 3. The molecule has 1 N–H and O–H groups in total. The van der Waals surface area contributed by atoms with Crippen molar-refractivity contribution in [3.63, 3.8) is 0 Å². The summed E-state index contributed by atoms with van der Waals surface area (Å²) in [4.78, 5) is 12.4. The molecule has 6 nitrogen and oxygen atoms in total. The summed E-state index contributed by atoms with van der Waals surface area (Å²) < 4.78 is 3.43. The van der Waals surface area contributed by atoms with Crippen LogP contribution in [-0.4, -0.2) is 25.5 Å². The van der Waals surface area contributed by atoms with E-state index in [-0.39, 0.29) is 5.91 Å². The number of benzene rings is 1. The van der Waals surface area contributed by atoms with E-state index < -0.39 is 0 Å². The van der Waals surface area contributed by atoms with Crippen molar-refractivity contribution < 1.29 is 4.79 Å². The quantitative estimate of drug-likeness (QED) is 0.730. The van der Waals surface area contributed by atoms with Crippen molar-refractivity contribution in [3.8, 4) is 0 Å². The standard InChI is InChI=1S/C17H17Cl2N5O/c1-3-24-11(2)14(8-20-24)17(25)21-16-15(19)10-23(22-16)9-12-4-6-13(18)7-5-12/h4-8,10H,3,9H2,1-2H3,(H,21,22,25). The number of hydrogen-bond donors (Lipinski definition) is 1. The molecule has 8 heteroatoms. The molecule has 0 radical (unpaired) electrons. The lowest BCUT2D eigenvalue weighted by Crippen LogP contribution is -2.14. The average molecular weight is 378 g/mol. The fraction of sp³-hybridized carbons (Fsp3) is 0.235. The summed E-state index contributed by atoms with van der Waals surface area (Å²) in [7, 11) is 0. The van der Waals surface area contributed by atoms with Gasteiger partial charge in [0.2, 0.25) is 0 Å². The van der Waals surface area contributed by atoms with Gasteiger partial charge in [0.05, 0.1) is 18.3 Å². The maximum Gasteiger partial charge on any atom is 0.260 e. The van der Waals surface area contributed by atoms with Gasteiger partial charge in [-0.1, -0.05) is 35.3 Å². The summed E-state index contributed by atoms with van der Waals surface area (Å²) in [5.74, 6) is 0.0418. The summed E-state index contributed by atoms with van der Waals surface area (Å²) in [5, 5.41) is 12.3. The van der Waals surface area contributed by atoms with Gasteiger partial charge in [-0.3, -0.25) is 14.2 Å². The molecule has 0 aliphatic rings. The van der Waals surface area contributed by atoms with Crippen LogP contribution in [0.1, 0.15) is 28.5 Å². The van der Waals surface area contributed by atoms with E-state index in [2.05, 4.69) is 15.5 Å². The van der Waals surface area contributed by atoms with Gasteiger partial charge in [0.15, 0.2) is 5.82 Å². The van der Waals surface area contributed by atoms with Crippen molar-refractivity contribution in [1.82, 2.24) is 19.6 Å². The van der Waals surface area contributed by atoms with Crippen molar-refractivity contribution in [2.45, 2.75) is 26.9 Å². The van der Waals surface area contributed by atoms with E-state index in [4.69, 9.17) is 23.2 Å². The molecular weight excluding hydrogens is 361 g/mol. The first kappa shape index (κ1) is 17.5. The lowest BCUT2D eigenvalue weighted by atomic mass is 10.2. The Balaban J connectivity index is 1.74. The molecule has 1 amide bonds. The molecule has 130 valence electrons. The molecule has 0 saturated heterocycles. The number of aryl methyl sites for hydroxylation is 1. The molecule has 3 aromatic rings. The molecule has 1 aromatic carbocycles. The van der Waals surface area contributed by atoms with Crippen LogP contribution in [0.25, 0.3) is 0 Å². The van der Waals surface area contributed by atoms with Gasteiger partial charge in [0.25, 0.3) is 5.91 Å². The molecule has 2 heterocycles. The molecule has 3 rings (SSSR count). The molecule has 2 aromatic heterocycles. The fourth-order valence-corrected chi connectivity index (χ4v) is 2.83. The summed E-state index contributed by atoms with van der Waals surface area (Å²) in [6.45, 7) is 5.05. The number of aromatic nitrogens is 4. The van der Waals surface area contributed by atoms with Crippen LogP contribution in [0, 0.1) is 6.92 Å². The predicted octanol–water partition coefficient (Wildman–Crippen LogP) is 4.02. The van der Waals surface area contributed by atoms with Crippen LogP contribution in [0.5, 0.6) is 0 Å². The lowest BCUT2D eigenvalue weighted by Gasteiger charge is -2.04. The Kier molecular flexibility index (Phi) is 5.11. The largest absolute Gasteiger partial charge is 0.304 e. The SMILES string of the molecule is CCn1ncc(C(=O)Nc2nn(Cc3ccc(Cl)cc3)cc2Cl)c1C. The van der Waals surface area contributed by atoms with Crippen molar-refractivity contribution in [1.29, 1.82) is 0 Å². The third-order valence-electron chi connectivity index (χ3n) is 3.85. The van der Waals surface area contributed by atoms with Crippen molar-refractivity contribution in [2.24, 2.45) is 0 Å². The summed E-state index contributed by atoms with van der Waals surface area (Å²) in [6, 6.07) is 7.47. The maximum atomic E-state index is 12.4. The summed E-state index contributed by atoms with van der Waals surface area (Å²) in [6.07, 6.45) is 3.22. The van der Waals surface area contributed by atoms with Crippen molar-refractivity contribution in [2.75, 3.05) is 5.32 Å². The minimum Gasteiger partial charge on any atom is -0.304 e.